The van der Waals surface area contributed by atoms with Crippen LogP contribution in [-0.4, -0.2) is 47.1 Å². The summed E-state index contributed by atoms with van der Waals surface area (Å²) in [5.74, 6) is 1.12. The molecule has 2 aromatic carbocycles. The van der Waals surface area contributed by atoms with Gasteiger partial charge in [-0.2, -0.15) is 10.2 Å². The molecule has 1 amide bonds. The van der Waals surface area contributed by atoms with Crippen LogP contribution >= 0.6 is 0 Å². The van der Waals surface area contributed by atoms with Crippen molar-refractivity contribution in [1.29, 1.82) is 0 Å². The largest absolute Gasteiger partial charge is 0.497 e. The minimum atomic E-state index is -0.246. The van der Waals surface area contributed by atoms with E-state index in [9.17, 15) is 4.79 Å². The first-order valence-corrected chi connectivity index (χ1v) is 10.3. The number of carbonyl (C=O) groups is 1. The smallest absolute Gasteiger partial charge is 0.273 e. The zero-order chi connectivity index (χ0) is 23.4. The highest BCUT2D eigenvalue weighted by Crippen LogP contribution is 2.24. The van der Waals surface area contributed by atoms with E-state index < -0.39 is 0 Å². The fourth-order valence-corrected chi connectivity index (χ4v) is 3.25. The maximum Gasteiger partial charge on any atom is 0.273 e. The van der Waals surface area contributed by atoms with E-state index in [2.05, 4.69) is 25.9 Å². The third kappa shape index (κ3) is 5.09. The molecule has 4 aromatic rings. The van der Waals surface area contributed by atoms with E-state index in [1.165, 1.54) is 0 Å². The third-order valence-electron chi connectivity index (χ3n) is 5.05. The molecule has 2 N–H and O–H groups in total. The quantitative estimate of drug-likeness (QED) is 0.446. The second-order valence-corrected chi connectivity index (χ2v) is 7.62. The first kappa shape index (κ1) is 21.8. The number of rotatable bonds is 7. The molecule has 0 aliphatic carbocycles. The van der Waals surface area contributed by atoms with Crippen LogP contribution in [0.1, 0.15) is 10.5 Å². The summed E-state index contributed by atoms with van der Waals surface area (Å²) in [6.07, 6.45) is 1.70. The normalized spacial score (nSPS) is 10.5. The molecule has 2 aromatic heterocycles. The van der Waals surface area contributed by atoms with Gasteiger partial charge in [0, 0.05) is 44.1 Å². The lowest BCUT2D eigenvalue weighted by atomic mass is 10.1. The summed E-state index contributed by atoms with van der Waals surface area (Å²) in [4.78, 5) is 14.8. The van der Waals surface area contributed by atoms with E-state index in [1.54, 1.807) is 31.1 Å². The second kappa shape index (κ2) is 9.39. The summed E-state index contributed by atoms with van der Waals surface area (Å²) in [6.45, 7) is 0. The Labute approximate surface area is 192 Å². The Kier molecular flexibility index (Phi) is 6.21. The zero-order valence-electron chi connectivity index (χ0n) is 18.9. The number of aryl methyl sites for hydroxylation is 1. The third-order valence-corrected chi connectivity index (χ3v) is 5.05. The Bertz CT molecular complexity index is 1270. The van der Waals surface area contributed by atoms with Gasteiger partial charge in [0.2, 0.25) is 0 Å². The molecular weight excluding hydrogens is 418 g/mol. The van der Waals surface area contributed by atoms with Crippen LogP contribution in [0.4, 0.5) is 22.9 Å². The molecule has 0 bridgehead atoms. The van der Waals surface area contributed by atoms with Crippen molar-refractivity contribution in [2.75, 3.05) is 36.7 Å². The van der Waals surface area contributed by atoms with Gasteiger partial charge in [-0.3, -0.25) is 9.48 Å². The van der Waals surface area contributed by atoms with E-state index in [0.717, 1.165) is 22.7 Å². The van der Waals surface area contributed by atoms with Gasteiger partial charge in [0.25, 0.3) is 5.91 Å². The van der Waals surface area contributed by atoms with E-state index in [1.807, 2.05) is 73.6 Å². The Balaban J connectivity index is 1.45. The highest BCUT2D eigenvalue weighted by molar-refractivity contribution is 6.03. The van der Waals surface area contributed by atoms with Crippen molar-refractivity contribution in [3.63, 3.8) is 0 Å². The van der Waals surface area contributed by atoms with Gasteiger partial charge in [-0.05, 0) is 42.5 Å². The monoisotopic (exact) mass is 443 g/mol. The summed E-state index contributed by atoms with van der Waals surface area (Å²) < 4.78 is 6.84. The summed E-state index contributed by atoms with van der Waals surface area (Å²) in [5, 5.41) is 18.7. The van der Waals surface area contributed by atoms with Crippen LogP contribution in [-0.2, 0) is 7.05 Å². The number of nitrogens with one attached hydrogen (secondary N) is 2. The highest BCUT2D eigenvalue weighted by Gasteiger charge is 2.15. The highest BCUT2D eigenvalue weighted by atomic mass is 16.5. The molecule has 0 radical (unpaired) electrons. The maximum atomic E-state index is 12.8. The molecule has 0 saturated carbocycles. The predicted molar refractivity (Wildman–Crippen MR) is 129 cm³/mol. The van der Waals surface area contributed by atoms with Crippen molar-refractivity contribution in [1.82, 2.24) is 20.0 Å². The average Bonchev–Trinajstić information content (AvgIpc) is 3.22. The van der Waals surface area contributed by atoms with Crippen molar-refractivity contribution in [3.8, 4) is 17.0 Å². The Morgan fingerprint density at radius 2 is 1.79 bits per heavy atom. The fourth-order valence-electron chi connectivity index (χ4n) is 3.25. The molecule has 2 heterocycles. The number of hydrogen-bond donors (Lipinski definition) is 2. The summed E-state index contributed by atoms with van der Waals surface area (Å²) >= 11 is 0. The van der Waals surface area contributed by atoms with Crippen LogP contribution in [0.2, 0.25) is 0 Å². The van der Waals surface area contributed by atoms with Crippen molar-refractivity contribution in [2.24, 2.45) is 7.05 Å². The number of anilines is 4. The first-order valence-electron chi connectivity index (χ1n) is 10.3. The summed E-state index contributed by atoms with van der Waals surface area (Å²) in [5.41, 5.74) is 4.47. The van der Waals surface area contributed by atoms with Crippen LogP contribution in [0.3, 0.4) is 0 Å². The average molecular weight is 444 g/mol. The lowest BCUT2D eigenvalue weighted by Gasteiger charge is -2.13. The molecule has 168 valence electrons. The maximum absolute atomic E-state index is 12.8. The number of nitrogens with zero attached hydrogens (tertiary/aromatic N) is 5. The Hall–Kier alpha value is -4.40. The zero-order valence-corrected chi connectivity index (χ0v) is 18.9. The number of ether oxygens (including phenoxy) is 1. The number of aromatic nitrogens is 4. The van der Waals surface area contributed by atoms with Crippen molar-refractivity contribution < 1.29 is 9.53 Å². The summed E-state index contributed by atoms with van der Waals surface area (Å²) in [6, 6.07) is 18.6. The van der Waals surface area contributed by atoms with E-state index in [-0.39, 0.29) is 5.91 Å². The molecule has 0 unspecified atom stereocenters. The van der Waals surface area contributed by atoms with E-state index >= 15 is 0 Å². The molecule has 0 fully saturated rings. The van der Waals surface area contributed by atoms with Gasteiger partial charge in [0.05, 0.1) is 24.7 Å². The first-order chi connectivity index (χ1) is 15.9. The second-order valence-electron chi connectivity index (χ2n) is 7.62. The van der Waals surface area contributed by atoms with Gasteiger partial charge in [0.15, 0.2) is 5.82 Å². The van der Waals surface area contributed by atoms with Gasteiger partial charge >= 0.3 is 0 Å². The van der Waals surface area contributed by atoms with E-state index in [0.29, 0.717) is 22.9 Å². The topological polar surface area (TPSA) is 97.2 Å². The molecule has 0 aliphatic heterocycles. The number of amides is 1. The summed E-state index contributed by atoms with van der Waals surface area (Å²) in [7, 11) is 7.25. The van der Waals surface area contributed by atoms with Crippen LogP contribution in [0.15, 0.2) is 66.9 Å². The predicted octanol–water partition coefficient (Wildman–Crippen LogP) is 3.95. The Morgan fingerprint density at radius 3 is 2.52 bits per heavy atom. The van der Waals surface area contributed by atoms with Crippen LogP contribution in [0.25, 0.3) is 11.3 Å². The SMILES string of the molecule is COc1cccc(-c2cc(C(=O)Nc3ccc(Nc4cc(N(C)C)cnn4)cc3)n(C)n2)c1. The number of carbonyl (C=O) groups excluding carboxylic acids is 1. The van der Waals surface area contributed by atoms with Gasteiger partial charge in [0.1, 0.15) is 11.4 Å². The van der Waals surface area contributed by atoms with E-state index in [4.69, 9.17) is 4.74 Å². The molecule has 9 nitrogen and oxygen atoms in total. The standard InChI is InChI=1S/C24H25N7O2/c1-30(2)19-13-23(28-25-15-19)26-17-8-10-18(11-9-17)27-24(32)22-14-21(29-31(22)3)16-6-5-7-20(12-16)33-4/h5-15H,1-4H3,(H,26,28)(H,27,32). The van der Waals surface area contributed by atoms with Gasteiger partial charge in [-0.15, -0.1) is 5.10 Å². The number of hydrogen-bond acceptors (Lipinski definition) is 7. The molecule has 0 aliphatic rings. The van der Waals surface area contributed by atoms with Crippen molar-refractivity contribution in [3.05, 3.63) is 72.6 Å². The van der Waals surface area contributed by atoms with Crippen molar-refractivity contribution >= 4 is 28.8 Å². The molecule has 0 atom stereocenters. The van der Waals surface area contributed by atoms with Gasteiger partial charge < -0.3 is 20.3 Å². The lowest BCUT2D eigenvalue weighted by Crippen LogP contribution is -2.16. The Morgan fingerprint density at radius 1 is 1.03 bits per heavy atom. The van der Waals surface area contributed by atoms with Gasteiger partial charge in [-0.1, -0.05) is 12.1 Å². The van der Waals surface area contributed by atoms with Crippen LogP contribution < -0.4 is 20.3 Å². The van der Waals surface area contributed by atoms with Crippen molar-refractivity contribution in [2.45, 2.75) is 0 Å². The molecule has 0 saturated heterocycles. The van der Waals surface area contributed by atoms with Gasteiger partial charge in [-0.25, -0.2) is 0 Å². The molecule has 33 heavy (non-hydrogen) atoms. The number of methoxy groups -OCH3 is 1. The molecule has 9 heteroatoms. The minimum absolute atomic E-state index is 0.246. The van der Waals surface area contributed by atoms with Crippen LogP contribution in [0.5, 0.6) is 5.75 Å². The lowest BCUT2D eigenvalue weighted by molar-refractivity contribution is 0.101. The molecule has 0 spiro atoms. The fraction of sp³-hybridized carbons (Fsp3) is 0.167. The number of benzene rings is 2. The minimum Gasteiger partial charge on any atom is -0.497 e. The van der Waals surface area contributed by atoms with Crippen LogP contribution in [0, 0.1) is 0 Å². The molecule has 4 rings (SSSR count). The molecular formula is C24H25N7O2.